The second-order valence-corrected chi connectivity index (χ2v) is 7.00. The zero-order valence-corrected chi connectivity index (χ0v) is 16.8. The topological polar surface area (TPSA) is 52.0 Å². The molecule has 0 radical (unpaired) electrons. The molecular formula is C23H21ClN4O. The van der Waals surface area contributed by atoms with Gasteiger partial charge in [0.2, 0.25) is 0 Å². The van der Waals surface area contributed by atoms with E-state index in [9.17, 15) is 0 Å². The first kappa shape index (κ1) is 19.2. The molecule has 5 nitrogen and oxygen atoms in total. The lowest BCUT2D eigenvalue weighted by atomic mass is 10.1. The summed E-state index contributed by atoms with van der Waals surface area (Å²) in [5.74, 6) is 0.811. The van der Waals surface area contributed by atoms with Crippen molar-refractivity contribution in [1.29, 1.82) is 0 Å². The van der Waals surface area contributed by atoms with Crippen molar-refractivity contribution in [3.8, 4) is 22.7 Å². The minimum Gasteiger partial charge on any atom is -0.497 e. The van der Waals surface area contributed by atoms with Crippen molar-refractivity contribution in [3.05, 3.63) is 95.4 Å². The van der Waals surface area contributed by atoms with E-state index in [1.54, 1.807) is 13.3 Å². The van der Waals surface area contributed by atoms with E-state index in [0.717, 1.165) is 40.4 Å². The number of ether oxygens (including phenoxy) is 1. The predicted molar refractivity (Wildman–Crippen MR) is 115 cm³/mol. The van der Waals surface area contributed by atoms with Gasteiger partial charge in [-0.1, -0.05) is 35.9 Å². The normalized spacial score (nSPS) is 10.8. The van der Waals surface area contributed by atoms with Crippen LogP contribution in [-0.2, 0) is 13.1 Å². The number of benzene rings is 2. The van der Waals surface area contributed by atoms with E-state index in [2.05, 4.69) is 16.4 Å². The molecule has 0 aliphatic heterocycles. The summed E-state index contributed by atoms with van der Waals surface area (Å²) in [6.07, 6.45) is 5.68. The minimum atomic E-state index is 0.658. The van der Waals surface area contributed by atoms with Crippen molar-refractivity contribution in [2.24, 2.45) is 0 Å². The molecule has 4 rings (SSSR count). The molecule has 0 spiro atoms. The van der Waals surface area contributed by atoms with Crippen LogP contribution in [0.2, 0.25) is 5.02 Å². The zero-order chi connectivity index (χ0) is 20.1. The summed E-state index contributed by atoms with van der Waals surface area (Å²) in [6, 6.07) is 19.6. The number of nitrogens with zero attached hydrogens (tertiary/aromatic N) is 3. The average molecular weight is 405 g/mol. The van der Waals surface area contributed by atoms with Crippen molar-refractivity contribution >= 4 is 11.6 Å². The maximum atomic E-state index is 6.46. The number of hydrogen-bond donors (Lipinski definition) is 1. The van der Waals surface area contributed by atoms with Gasteiger partial charge in [0.05, 0.1) is 23.5 Å². The lowest BCUT2D eigenvalue weighted by Gasteiger charge is -2.06. The number of aromatic nitrogens is 3. The summed E-state index contributed by atoms with van der Waals surface area (Å²) < 4.78 is 7.13. The number of nitrogens with one attached hydrogen (secondary N) is 1. The minimum absolute atomic E-state index is 0.658. The van der Waals surface area contributed by atoms with E-state index in [1.165, 1.54) is 0 Å². The highest BCUT2D eigenvalue weighted by Crippen LogP contribution is 2.30. The summed E-state index contributed by atoms with van der Waals surface area (Å²) in [7, 11) is 1.66. The van der Waals surface area contributed by atoms with Gasteiger partial charge in [0.1, 0.15) is 5.75 Å². The van der Waals surface area contributed by atoms with Crippen molar-refractivity contribution in [2.75, 3.05) is 7.11 Å². The molecular weight excluding hydrogens is 384 g/mol. The third-order valence-electron chi connectivity index (χ3n) is 4.62. The van der Waals surface area contributed by atoms with Crippen molar-refractivity contribution in [1.82, 2.24) is 20.1 Å². The smallest absolute Gasteiger partial charge is 0.119 e. The highest BCUT2D eigenvalue weighted by atomic mass is 35.5. The average Bonchev–Trinajstić information content (AvgIpc) is 3.19. The van der Waals surface area contributed by atoms with Crippen LogP contribution in [0.25, 0.3) is 16.9 Å². The first-order valence-corrected chi connectivity index (χ1v) is 9.70. The van der Waals surface area contributed by atoms with Crippen LogP contribution in [0.4, 0.5) is 0 Å². The second-order valence-electron chi connectivity index (χ2n) is 6.59. The molecule has 146 valence electrons. The summed E-state index contributed by atoms with van der Waals surface area (Å²) in [5, 5.41) is 8.99. The molecule has 0 amide bonds. The lowest BCUT2D eigenvalue weighted by Crippen LogP contribution is -2.13. The van der Waals surface area contributed by atoms with Crippen molar-refractivity contribution in [3.63, 3.8) is 0 Å². The molecule has 1 N–H and O–H groups in total. The van der Waals surface area contributed by atoms with Crippen LogP contribution in [0.15, 0.2) is 79.3 Å². The van der Waals surface area contributed by atoms with Gasteiger partial charge in [-0.15, -0.1) is 0 Å². The van der Waals surface area contributed by atoms with Crippen molar-refractivity contribution < 1.29 is 4.74 Å². The van der Waals surface area contributed by atoms with Gasteiger partial charge in [-0.2, -0.15) is 5.10 Å². The Labute approximate surface area is 174 Å². The maximum absolute atomic E-state index is 6.46. The van der Waals surface area contributed by atoms with E-state index in [0.29, 0.717) is 11.6 Å². The quantitative estimate of drug-likeness (QED) is 0.476. The van der Waals surface area contributed by atoms with Gasteiger partial charge in [0.15, 0.2) is 0 Å². The summed E-state index contributed by atoms with van der Waals surface area (Å²) in [6.45, 7) is 1.38. The summed E-state index contributed by atoms with van der Waals surface area (Å²) in [5.41, 5.74) is 4.94. The van der Waals surface area contributed by atoms with Crippen LogP contribution in [0.1, 0.15) is 11.1 Å². The third-order valence-corrected chi connectivity index (χ3v) is 4.95. The molecule has 4 aromatic rings. The van der Waals surface area contributed by atoms with Crippen LogP contribution in [-0.4, -0.2) is 21.9 Å². The Kier molecular flexibility index (Phi) is 5.89. The molecule has 29 heavy (non-hydrogen) atoms. The fourth-order valence-electron chi connectivity index (χ4n) is 3.13. The number of methoxy groups -OCH3 is 1. The van der Waals surface area contributed by atoms with Gasteiger partial charge < -0.3 is 10.1 Å². The van der Waals surface area contributed by atoms with Crippen LogP contribution < -0.4 is 10.1 Å². The van der Waals surface area contributed by atoms with E-state index in [4.69, 9.17) is 21.4 Å². The van der Waals surface area contributed by atoms with Crippen LogP contribution in [0.5, 0.6) is 5.75 Å². The largest absolute Gasteiger partial charge is 0.497 e. The van der Waals surface area contributed by atoms with Gasteiger partial charge in [-0.3, -0.25) is 4.98 Å². The molecule has 0 aliphatic carbocycles. The fraction of sp³-hybridized carbons (Fsp3) is 0.130. The van der Waals surface area contributed by atoms with Gasteiger partial charge in [-0.25, -0.2) is 4.68 Å². The molecule has 0 unspecified atom stereocenters. The highest BCUT2D eigenvalue weighted by molar-refractivity contribution is 6.33. The van der Waals surface area contributed by atoms with Gasteiger partial charge >= 0.3 is 0 Å². The van der Waals surface area contributed by atoms with Gasteiger partial charge in [-0.05, 0) is 42.0 Å². The molecule has 0 fully saturated rings. The van der Waals surface area contributed by atoms with E-state index in [1.807, 2.05) is 71.7 Å². The SMILES string of the molecule is COc1ccc(-n2cc(CNCc3cccnc3)c(-c3ccccc3Cl)n2)cc1. The monoisotopic (exact) mass is 404 g/mol. The summed E-state index contributed by atoms with van der Waals surface area (Å²) in [4.78, 5) is 4.16. The zero-order valence-electron chi connectivity index (χ0n) is 16.0. The van der Waals surface area contributed by atoms with Crippen LogP contribution >= 0.6 is 11.6 Å². The Morgan fingerprint density at radius 2 is 1.83 bits per heavy atom. The fourth-order valence-corrected chi connectivity index (χ4v) is 3.36. The molecule has 0 saturated heterocycles. The Balaban J connectivity index is 1.64. The molecule has 0 atom stereocenters. The van der Waals surface area contributed by atoms with E-state index in [-0.39, 0.29) is 0 Å². The number of halogens is 1. The summed E-state index contributed by atoms with van der Waals surface area (Å²) >= 11 is 6.46. The lowest BCUT2D eigenvalue weighted by molar-refractivity contribution is 0.414. The number of hydrogen-bond acceptors (Lipinski definition) is 4. The standard InChI is InChI=1S/C23H21ClN4O/c1-29-20-10-8-19(9-11-20)28-16-18(15-26-14-17-5-4-12-25-13-17)23(27-28)21-6-2-3-7-22(21)24/h2-13,16,26H,14-15H2,1H3. The molecule has 0 bridgehead atoms. The molecule has 0 saturated carbocycles. The van der Waals surface area contributed by atoms with E-state index >= 15 is 0 Å². The molecule has 2 aromatic carbocycles. The first-order chi connectivity index (χ1) is 14.2. The Morgan fingerprint density at radius 3 is 2.55 bits per heavy atom. The molecule has 2 heterocycles. The van der Waals surface area contributed by atoms with Crippen LogP contribution in [0, 0.1) is 0 Å². The highest BCUT2D eigenvalue weighted by Gasteiger charge is 2.14. The number of pyridine rings is 1. The Morgan fingerprint density at radius 1 is 1.00 bits per heavy atom. The predicted octanol–water partition coefficient (Wildman–Crippen LogP) is 4.89. The Hall–Kier alpha value is -3.15. The van der Waals surface area contributed by atoms with Gasteiger partial charge in [0.25, 0.3) is 0 Å². The molecule has 6 heteroatoms. The van der Waals surface area contributed by atoms with E-state index < -0.39 is 0 Å². The number of rotatable bonds is 7. The maximum Gasteiger partial charge on any atom is 0.119 e. The second kappa shape index (κ2) is 8.90. The molecule has 2 aromatic heterocycles. The van der Waals surface area contributed by atoms with Gasteiger partial charge in [0, 0.05) is 42.8 Å². The molecule has 0 aliphatic rings. The van der Waals surface area contributed by atoms with Crippen molar-refractivity contribution in [2.45, 2.75) is 13.1 Å². The third kappa shape index (κ3) is 4.47. The first-order valence-electron chi connectivity index (χ1n) is 9.32. The Bertz CT molecular complexity index is 1080. The van der Waals surface area contributed by atoms with Crippen LogP contribution in [0.3, 0.4) is 0 Å².